The van der Waals surface area contributed by atoms with E-state index in [1.165, 1.54) is 224 Å². The Morgan fingerprint density at radius 3 is 1.08 bits per heavy atom. The van der Waals surface area contributed by atoms with Crippen molar-refractivity contribution in [3.8, 4) is 78.4 Å². The second kappa shape index (κ2) is 30.9. The van der Waals surface area contributed by atoms with Gasteiger partial charge in [0.05, 0.1) is 60.7 Å². The fourth-order valence-corrected chi connectivity index (χ4v) is 26.3. The van der Waals surface area contributed by atoms with Crippen molar-refractivity contribution in [1.29, 1.82) is 0 Å². The third kappa shape index (κ3) is 11.3. The van der Waals surface area contributed by atoms with E-state index in [4.69, 9.17) is 13.3 Å². The Balaban J connectivity index is 0.0000000968. The van der Waals surface area contributed by atoms with Crippen LogP contribution in [0.3, 0.4) is 0 Å². The largest absolute Gasteiger partial charge is 0.456 e. The molecular weight excluding hydrogens is 1800 g/mol. The van der Waals surface area contributed by atoms with E-state index >= 15 is 0 Å². The normalized spacial score (nSPS) is 12.3. The summed E-state index contributed by atoms with van der Waals surface area (Å²) in [5.41, 5.74) is 35.7. The SMILES string of the molecule is c1cc(-c2cccc3oc4ccccc4c23)cc(-n2c3cccc4c3c3c5c(cccc5c5ccccc5c32)-c2ccccc2-4)c1.c1cc(-c2cccc3oc4ccccc4c23)cc(-n2c3cccc4c5ccccc5n5c6c7ccccc7ccc6c6ccc2c(c43)c65)c1.c1ccc(-n2c3ccccc3c3c2c2ccccc2c2c4c5ccccc5ccc4n(-c4cccc(-c5cccc6oc7ccccc7c56)c4)c23)cc1. The first kappa shape index (κ1) is 80.8. The summed E-state index contributed by atoms with van der Waals surface area (Å²) < 4.78 is 31.4. The van der Waals surface area contributed by atoms with E-state index in [0.29, 0.717) is 0 Å². The predicted molar refractivity (Wildman–Crippen MR) is 621 cm³/mol. The highest BCUT2D eigenvalue weighted by Gasteiger charge is 2.32. The van der Waals surface area contributed by atoms with Crippen LogP contribution in [-0.2, 0) is 0 Å². The van der Waals surface area contributed by atoms with Gasteiger partial charge in [-0.25, -0.2) is 0 Å². The number of furan rings is 3. The maximum absolute atomic E-state index is 6.33. The van der Waals surface area contributed by atoms with Gasteiger partial charge in [0.25, 0.3) is 0 Å². The van der Waals surface area contributed by atoms with Crippen molar-refractivity contribution in [3.05, 3.63) is 491 Å². The minimum Gasteiger partial charge on any atom is -0.456 e. The van der Waals surface area contributed by atoms with E-state index in [0.717, 1.165) is 99.7 Å². The van der Waals surface area contributed by atoms with Gasteiger partial charge >= 0.3 is 0 Å². The molecule has 0 bridgehead atoms. The summed E-state index contributed by atoms with van der Waals surface area (Å²) in [6, 6.07) is 179. The minimum absolute atomic E-state index is 0.902. The van der Waals surface area contributed by atoms with E-state index in [-0.39, 0.29) is 0 Å². The van der Waals surface area contributed by atoms with Crippen LogP contribution in [0.15, 0.2) is 505 Å². The van der Waals surface area contributed by atoms with E-state index in [1.807, 2.05) is 18.2 Å². The maximum atomic E-state index is 6.33. The molecule has 1 aliphatic carbocycles. The number of fused-ring (bicyclic) bond motifs is 35. The van der Waals surface area contributed by atoms with Crippen LogP contribution in [0.5, 0.6) is 0 Å². The van der Waals surface area contributed by atoms with Gasteiger partial charge in [0.15, 0.2) is 0 Å². The Kier molecular flexibility index (Phi) is 16.9. The van der Waals surface area contributed by atoms with Crippen molar-refractivity contribution < 1.29 is 13.3 Å². The number of nitrogens with zero attached hydrogens (tertiary/aromatic N) is 5. The van der Waals surface area contributed by atoms with Crippen LogP contribution >= 0.6 is 0 Å². The molecule has 0 radical (unpaired) electrons. The lowest BCUT2D eigenvalue weighted by molar-refractivity contribution is 0.668. The van der Waals surface area contributed by atoms with Gasteiger partial charge in [-0.05, 0) is 215 Å². The Morgan fingerprint density at radius 2 is 0.466 bits per heavy atom. The highest BCUT2D eigenvalue weighted by molar-refractivity contribution is 6.42. The number of hydrogen-bond donors (Lipinski definition) is 0. The Hall–Kier alpha value is -19.8. The highest BCUT2D eigenvalue weighted by Crippen LogP contribution is 2.56. The molecule has 8 heteroatoms. The molecule has 0 unspecified atom stereocenters. The molecule has 9 heterocycles. The summed E-state index contributed by atoms with van der Waals surface area (Å²) >= 11 is 0. The van der Waals surface area contributed by atoms with Gasteiger partial charge in [0.1, 0.15) is 33.5 Å². The molecule has 148 heavy (non-hydrogen) atoms. The maximum Gasteiger partial charge on any atom is 0.136 e. The van der Waals surface area contributed by atoms with Crippen LogP contribution in [-0.4, -0.2) is 22.7 Å². The van der Waals surface area contributed by atoms with Gasteiger partial charge in [-0.1, -0.05) is 370 Å². The average molecular weight is 1880 g/mol. The molecule has 25 aromatic carbocycles. The lowest BCUT2D eigenvalue weighted by atomic mass is 9.91. The standard InChI is InChI=1S/C50H30N2O.C46H26N2O.C44H25NO/c1-2-16-33(17-3-1)51-41-25-10-8-22-39(41)48-49(51)38-21-7-6-20-37(38)47-46-35-19-5-4-14-31(35)28-29-42(46)52(50(47)48)34-18-12-15-32(30-34)36-24-13-27-44-45(36)40-23-9-11-26-43(40)53-44;1-2-13-31-27(10-1)22-23-34-35-24-25-39-44-43-33(32-14-3-5-18-37(32)48(45(31)34)46(35)44)17-8-19-38(43)47(39)29-12-7-11-28(26-29)30-16-9-21-41-42(30)36-15-4-6-20-40(36)49-41;1-2-14-30-29(13-1)32-19-8-20-33-31-15-3-4-16-35(31)44-43(41(32)33)42-34(30)21-9-22-37(42)45(44)27-12-7-11-26(25-27)28-18-10-24-39-40(28)36-17-5-6-23-38(36)46-39/h1-30H;1-26H;1-25H. The van der Waals surface area contributed by atoms with Gasteiger partial charge < -0.3 is 35.9 Å². The van der Waals surface area contributed by atoms with Crippen LogP contribution in [0, 0.1) is 0 Å². The second-order valence-corrected chi connectivity index (χ2v) is 39.7. The molecule has 0 saturated heterocycles. The molecule has 0 amide bonds. The molecule has 0 aliphatic heterocycles. The smallest absolute Gasteiger partial charge is 0.136 e. The molecule has 684 valence electrons. The van der Waals surface area contributed by atoms with Crippen molar-refractivity contribution in [2.24, 2.45) is 0 Å². The third-order valence-corrected chi connectivity index (χ3v) is 32.2. The third-order valence-electron chi connectivity index (χ3n) is 32.2. The first-order valence-electron chi connectivity index (χ1n) is 50.9. The fraction of sp³-hybridized carbons (Fsp3) is 0. The first-order valence-corrected chi connectivity index (χ1v) is 50.9. The van der Waals surface area contributed by atoms with Gasteiger partial charge in [-0.3, -0.25) is 0 Å². The van der Waals surface area contributed by atoms with Gasteiger partial charge in [0.2, 0.25) is 0 Å². The summed E-state index contributed by atoms with van der Waals surface area (Å²) in [6.07, 6.45) is 0. The lowest BCUT2D eigenvalue weighted by Crippen LogP contribution is -1.97. The Labute approximate surface area is 844 Å². The number of hydrogen-bond acceptors (Lipinski definition) is 3. The van der Waals surface area contributed by atoms with Gasteiger partial charge in [-0.2, -0.15) is 0 Å². The summed E-state index contributed by atoms with van der Waals surface area (Å²) in [5, 5.41) is 35.0. The summed E-state index contributed by atoms with van der Waals surface area (Å²) in [4.78, 5) is 0. The highest BCUT2D eigenvalue weighted by atomic mass is 16.3. The molecular formula is C140H81N5O3. The van der Waals surface area contributed by atoms with E-state index in [9.17, 15) is 0 Å². The zero-order valence-electron chi connectivity index (χ0n) is 79.7. The van der Waals surface area contributed by atoms with Crippen molar-refractivity contribution in [1.82, 2.24) is 22.7 Å². The number of benzene rings is 25. The molecule has 0 fully saturated rings. The molecule has 0 spiro atoms. The summed E-state index contributed by atoms with van der Waals surface area (Å²) in [7, 11) is 0. The summed E-state index contributed by atoms with van der Waals surface area (Å²) in [6.45, 7) is 0. The molecule has 35 rings (SSSR count). The van der Waals surface area contributed by atoms with E-state index in [2.05, 4.69) is 496 Å². The van der Waals surface area contributed by atoms with Crippen molar-refractivity contribution >= 4 is 245 Å². The molecule has 34 aromatic rings. The van der Waals surface area contributed by atoms with Crippen molar-refractivity contribution in [2.75, 3.05) is 0 Å². The van der Waals surface area contributed by atoms with Crippen molar-refractivity contribution in [3.63, 3.8) is 0 Å². The molecule has 0 saturated carbocycles. The van der Waals surface area contributed by atoms with Crippen LogP contribution in [0.2, 0.25) is 0 Å². The molecule has 0 atom stereocenters. The quantitative estimate of drug-likeness (QED) is 0.149. The van der Waals surface area contributed by atoms with Crippen LogP contribution < -0.4 is 0 Å². The van der Waals surface area contributed by atoms with E-state index in [1.54, 1.807) is 0 Å². The zero-order chi connectivity index (χ0) is 96.3. The van der Waals surface area contributed by atoms with Crippen LogP contribution in [0.1, 0.15) is 0 Å². The number of rotatable bonds is 7. The average Bonchev–Trinajstić information content (AvgIpc) is 1.52. The van der Waals surface area contributed by atoms with E-state index < -0.39 is 0 Å². The molecule has 0 N–H and O–H groups in total. The van der Waals surface area contributed by atoms with Crippen LogP contribution in [0.25, 0.3) is 323 Å². The van der Waals surface area contributed by atoms with Crippen molar-refractivity contribution in [2.45, 2.75) is 0 Å². The fourth-order valence-electron chi connectivity index (χ4n) is 26.3. The summed E-state index contributed by atoms with van der Waals surface area (Å²) in [5.74, 6) is 0. The topological polar surface area (TPSA) is 63.5 Å². The Morgan fingerprint density at radius 1 is 0.128 bits per heavy atom. The van der Waals surface area contributed by atoms with Gasteiger partial charge in [0, 0.05) is 136 Å². The molecule has 8 nitrogen and oxygen atoms in total. The predicted octanol–water partition coefficient (Wildman–Crippen LogP) is 38.7. The molecule has 9 aromatic heterocycles. The first-order chi connectivity index (χ1) is 73.5. The monoisotopic (exact) mass is 1880 g/mol. The lowest BCUT2D eigenvalue weighted by Gasteiger charge is -2.16. The van der Waals surface area contributed by atoms with Crippen LogP contribution in [0.4, 0.5) is 0 Å². The number of aromatic nitrogens is 5. The molecule has 1 aliphatic rings. The minimum atomic E-state index is 0.902. The van der Waals surface area contributed by atoms with Gasteiger partial charge in [-0.15, -0.1) is 0 Å². The Bertz CT molecular complexity index is 11800. The second-order valence-electron chi connectivity index (χ2n) is 39.7. The number of para-hydroxylation sites is 6. The zero-order valence-corrected chi connectivity index (χ0v) is 79.7.